The predicted molar refractivity (Wildman–Crippen MR) is 98.6 cm³/mol. The van der Waals surface area contributed by atoms with Crippen LogP contribution in [0.25, 0.3) is 0 Å². The van der Waals surface area contributed by atoms with Gasteiger partial charge < -0.3 is 9.47 Å². The number of ether oxygens (including phenoxy) is 2. The first-order chi connectivity index (χ1) is 12.9. The molecule has 7 nitrogen and oxygen atoms in total. The van der Waals surface area contributed by atoms with Crippen molar-refractivity contribution in [1.82, 2.24) is 9.29 Å². The van der Waals surface area contributed by atoms with Gasteiger partial charge in [0.1, 0.15) is 12.4 Å². The molecule has 1 aliphatic heterocycles. The first-order valence-corrected chi connectivity index (χ1v) is 10.2. The van der Waals surface area contributed by atoms with Crippen molar-refractivity contribution in [3.63, 3.8) is 0 Å². The van der Waals surface area contributed by atoms with E-state index in [9.17, 15) is 13.2 Å². The maximum absolute atomic E-state index is 12.7. The molecule has 0 saturated carbocycles. The molecule has 1 saturated heterocycles. The monoisotopic (exact) mass is 390 g/mol. The second kappa shape index (κ2) is 8.49. The molecule has 0 spiro atoms. The van der Waals surface area contributed by atoms with Crippen LogP contribution < -0.4 is 4.74 Å². The number of hydrogen-bond acceptors (Lipinski definition) is 6. The van der Waals surface area contributed by atoms with Gasteiger partial charge in [-0.2, -0.15) is 4.31 Å². The van der Waals surface area contributed by atoms with E-state index in [2.05, 4.69) is 11.9 Å². The lowest BCUT2D eigenvalue weighted by Crippen LogP contribution is -2.39. The topological polar surface area (TPSA) is 85.8 Å². The Morgan fingerprint density at radius 2 is 2.04 bits per heavy atom. The quantitative estimate of drug-likeness (QED) is 0.576. The van der Waals surface area contributed by atoms with Gasteiger partial charge in [-0.25, -0.2) is 13.2 Å². The van der Waals surface area contributed by atoms with Crippen molar-refractivity contribution < 1.29 is 22.7 Å². The Kier molecular flexibility index (Phi) is 6.08. The summed E-state index contributed by atoms with van der Waals surface area (Å²) in [6, 6.07) is 9.31. The summed E-state index contributed by atoms with van der Waals surface area (Å²) in [6.07, 6.45) is 4.26. The molecule has 2 aromatic rings. The third-order valence-corrected chi connectivity index (χ3v) is 6.24. The average Bonchev–Trinajstić information content (AvgIpc) is 2.68. The highest BCUT2D eigenvalue weighted by Crippen LogP contribution is 2.25. The van der Waals surface area contributed by atoms with Crippen LogP contribution in [0, 0.1) is 5.92 Å². The zero-order valence-electron chi connectivity index (χ0n) is 15.1. The highest BCUT2D eigenvalue weighted by Gasteiger charge is 2.28. The van der Waals surface area contributed by atoms with E-state index in [1.807, 2.05) is 0 Å². The van der Waals surface area contributed by atoms with Gasteiger partial charge in [0.2, 0.25) is 10.0 Å². The highest BCUT2D eigenvalue weighted by atomic mass is 32.2. The van der Waals surface area contributed by atoms with Crippen molar-refractivity contribution in [1.29, 1.82) is 0 Å². The van der Waals surface area contributed by atoms with E-state index in [0.717, 1.165) is 18.4 Å². The van der Waals surface area contributed by atoms with Crippen LogP contribution in [-0.4, -0.2) is 37.0 Å². The molecule has 0 amide bonds. The number of aromatic nitrogens is 1. The molecular weight excluding hydrogens is 368 g/mol. The van der Waals surface area contributed by atoms with Crippen LogP contribution in [0.2, 0.25) is 0 Å². The lowest BCUT2D eigenvalue weighted by molar-refractivity contribution is 0.0927. The minimum absolute atomic E-state index is 0.0479. The Hall–Kier alpha value is -2.45. The van der Waals surface area contributed by atoms with Crippen LogP contribution in [0.15, 0.2) is 53.7 Å². The summed E-state index contributed by atoms with van der Waals surface area (Å²) in [5, 5.41) is 0. The van der Waals surface area contributed by atoms with Crippen molar-refractivity contribution in [3.8, 4) is 5.75 Å². The average molecular weight is 390 g/mol. The van der Waals surface area contributed by atoms with Crippen LogP contribution in [-0.2, 0) is 21.4 Å². The molecule has 0 aliphatic carbocycles. The third kappa shape index (κ3) is 5.05. The molecular formula is C19H22N2O5S. The Morgan fingerprint density at radius 1 is 1.26 bits per heavy atom. The van der Waals surface area contributed by atoms with Crippen LogP contribution >= 0.6 is 0 Å². The molecule has 1 unspecified atom stereocenters. The third-order valence-electron chi connectivity index (χ3n) is 4.36. The first kappa shape index (κ1) is 19.3. The van der Waals surface area contributed by atoms with Gasteiger partial charge in [-0.15, -0.1) is 0 Å². The van der Waals surface area contributed by atoms with E-state index in [0.29, 0.717) is 19.0 Å². The van der Waals surface area contributed by atoms with Crippen molar-refractivity contribution in [3.05, 3.63) is 54.4 Å². The Balaban J connectivity index is 1.59. The van der Waals surface area contributed by atoms with Crippen LogP contribution in [0.3, 0.4) is 0 Å². The van der Waals surface area contributed by atoms with Gasteiger partial charge in [-0.1, -0.05) is 13.0 Å². The maximum atomic E-state index is 12.7. The predicted octanol–water partition coefficient (Wildman–Crippen LogP) is 3.22. The molecule has 1 atom stereocenters. The van der Waals surface area contributed by atoms with E-state index in [4.69, 9.17) is 9.47 Å². The fourth-order valence-corrected chi connectivity index (χ4v) is 4.54. The summed E-state index contributed by atoms with van der Waals surface area (Å²) < 4.78 is 37.0. The van der Waals surface area contributed by atoms with E-state index in [-0.39, 0.29) is 17.3 Å². The van der Waals surface area contributed by atoms with Gasteiger partial charge in [0.05, 0.1) is 4.90 Å². The largest absolute Gasteiger partial charge is 0.514 e. The van der Waals surface area contributed by atoms with Gasteiger partial charge >= 0.3 is 6.16 Å². The Bertz CT molecular complexity index is 869. The molecule has 144 valence electrons. The Morgan fingerprint density at radius 3 is 2.70 bits per heavy atom. The summed E-state index contributed by atoms with van der Waals surface area (Å²) in [7, 11) is -3.53. The number of piperidine rings is 1. The molecule has 1 aliphatic rings. The molecule has 0 N–H and O–H groups in total. The summed E-state index contributed by atoms with van der Waals surface area (Å²) in [5.41, 5.74) is 0.742. The van der Waals surface area contributed by atoms with Gasteiger partial charge in [0.25, 0.3) is 0 Å². The van der Waals surface area contributed by atoms with Gasteiger partial charge in [-0.3, -0.25) is 4.98 Å². The van der Waals surface area contributed by atoms with Gasteiger partial charge in [0.15, 0.2) is 0 Å². The number of nitrogens with zero attached hydrogens (tertiary/aromatic N) is 2. The number of hydrogen-bond donors (Lipinski definition) is 0. The van der Waals surface area contributed by atoms with Crippen molar-refractivity contribution in [2.24, 2.45) is 5.92 Å². The zero-order valence-corrected chi connectivity index (χ0v) is 15.9. The lowest BCUT2D eigenvalue weighted by Gasteiger charge is -2.30. The van der Waals surface area contributed by atoms with Crippen molar-refractivity contribution >= 4 is 16.2 Å². The van der Waals surface area contributed by atoms with E-state index >= 15 is 0 Å². The lowest BCUT2D eigenvalue weighted by atomic mass is 10.0. The first-order valence-electron chi connectivity index (χ1n) is 8.79. The second-order valence-electron chi connectivity index (χ2n) is 6.58. The molecule has 1 aromatic carbocycles. The minimum Gasteiger partial charge on any atom is -0.429 e. The fraction of sp³-hybridized carbons (Fsp3) is 0.368. The SMILES string of the molecule is CC1CCCN(S(=O)(=O)c2ccc(OC(=O)OCc3cccnc3)cc2)C1. The number of benzene rings is 1. The summed E-state index contributed by atoms with van der Waals surface area (Å²) in [4.78, 5) is 15.9. The smallest absolute Gasteiger partial charge is 0.429 e. The number of rotatable bonds is 5. The van der Waals surface area contributed by atoms with Crippen molar-refractivity contribution in [2.45, 2.75) is 31.3 Å². The normalized spacial score (nSPS) is 18.0. The van der Waals surface area contributed by atoms with Crippen LogP contribution in [0.1, 0.15) is 25.3 Å². The standard InChI is InChI=1S/C19H22N2O5S/c1-15-4-3-11-21(13-15)27(23,24)18-8-6-17(7-9-18)26-19(22)25-14-16-5-2-10-20-12-16/h2,5-10,12,15H,3-4,11,13-14H2,1H3. The molecule has 0 radical (unpaired) electrons. The molecule has 8 heteroatoms. The van der Waals surface area contributed by atoms with Gasteiger partial charge in [0, 0.05) is 31.0 Å². The van der Waals surface area contributed by atoms with E-state index in [1.165, 1.54) is 28.6 Å². The number of sulfonamides is 1. The zero-order chi connectivity index (χ0) is 19.3. The molecule has 1 aromatic heterocycles. The molecule has 3 rings (SSSR count). The summed E-state index contributed by atoms with van der Waals surface area (Å²) >= 11 is 0. The molecule has 0 bridgehead atoms. The molecule has 27 heavy (non-hydrogen) atoms. The minimum atomic E-state index is -3.53. The number of pyridine rings is 1. The molecule has 1 fully saturated rings. The van der Waals surface area contributed by atoms with Gasteiger partial charge in [-0.05, 0) is 49.1 Å². The maximum Gasteiger partial charge on any atom is 0.514 e. The summed E-state index contributed by atoms with van der Waals surface area (Å²) in [5.74, 6) is 0.572. The number of carbonyl (C=O) groups is 1. The highest BCUT2D eigenvalue weighted by molar-refractivity contribution is 7.89. The summed E-state index contributed by atoms with van der Waals surface area (Å²) in [6.45, 7) is 3.16. The van der Waals surface area contributed by atoms with Crippen molar-refractivity contribution in [2.75, 3.05) is 13.1 Å². The van der Waals surface area contributed by atoms with E-state index in [1.54, 1.807) is 24.5 Å². The van der Waals surface area contributed by atoms with Crippen LogP contribution in [0.5, 0.6) is 5.75 Å². The number of carbonyl (C=O) groups excluding carboxylic acids is 1. The van der Waals surface area contributed by atoms with Crippen LogP contribution in [0.4, 0.5) is 4.79 Å². The Labute approximate surface area is 159 Å². The fourth-order valence-electron chi connectivity index (χ4n) is 2.94. The second-order valence-corrected chi connectivity index (χ2v) is 8.52. The molecule has 2 heterocycles. The van der Waals surface area contributed by atoms with E-state index < -0.39 is 16.2 Å².